The van der Waals surface area contributed by atoms with Crippen LogP contribution in [0, 0.1) is 17.8 Å². The quantitative estimate of drug-likeness (QED) is 0.412. The summed E-state index contributed by atoms with van der Waals surface area (Å²) in [6.07, 6.45) is 4.77. The first-order chi connectivity index (χ1) is 14.5. The molecule has 1 saturated carbocycles. The highest BCUT2D eigenvalue weighted by atomic mass is 16.6. The van der Waals surface area contributed by atoms with Crippen molar-refractivity contribution in [2.45, 2.75) is 110 Å². The molecule has 6 heteroatoms. The van der Waals surface area contributed by atoms with E-state index in [1.807, 2.05) is 13.8 Å². The molecule has 1 spiro atoms. The molecule has 0 aromatic carbocycles. The molecule has 31 heavy (non-hydrogen) atoms. The van der Waals surface area contributed by atoms with Crippen LogP contribution in [0.3, 0.4) is 0 Å². The molecule has 178 valence electrons. The molecule has 3 fully saturated rings. The van der Waals surface area contributed by atoms with E-state index >= 15 is 0 Å². The maximum Gasteiger partial charge on any atom is 0.407 e. The van der Waals surface area contributed by atoms with E-state index in [2.05, 4.69) is 52.9 Å². The number of carbonyl (C=O) groups is 1. The summed E-state index contributed by atoms with van der Waals surface area (Å²) in [5.41, 5.74) is 0.993. The zero-order chi connectivity index (χ0) is 23.0. The zero-order valence-electron chi connectivity index (χ0n) is 20.7. The van der Waals surface area contributed by atoms with Crippen LogP contribution < -0.4 is 5.32 Å². The molecular formula is C25H43NO5. The minimum absolute atomic E-state index is 0.0690. The van der Waals surface area contributed by atoms with Gasteiger partial charge in [0.25, 0.3) is 0 Å². The summed E-state index contributed by atoms with van der Waals surface area (Å²) in [5, 5.41) is 3.03. The Kier molecular flexibility index (Phi) is 7.44. The molecule has 1 aliphatic carbocycles. The molecule has 3 rings (SSSR count). The lowest BCUT2D eigenvalue weighted by molar-refractivity contribution is -0.0443. The summed E-state index contributed by atoms with van der Waals surface area (Å²) in [5.74, 6) is 0.668. The zero-order valence-corrected chi connectivity index (χ0v) is 20.7. The van der Waals surface area contributed by atoms with Gasteiger partial charge < -0.3 is 24.3 Å². The number of epoxide rings is 2. The van der Waals surface area contributed by atoms with Crippen LogP contribution in [0.25, 0.3) is 0 Å². The third-order valence-corrected chi connectivity index (χ3v) is 7.36. The van der Waals surface area contributed by atoms with Crippen LogP contribution in [0.15, 0.2) is 11.6 Å². The number of hydrogen-bond acceptors (Lipinski definition) is 5. The van der Waals surface area contributed by atoms with Crippen LogP contribution in [0.2, 0.25) is 0 Å². The summed E-state index contributed by atoms with van der Waals surface area (Å²) < 4.78 is 23.9. The van der Waals surface area contributed by atoms with Crippen LogP contribution in [-0.2, 0) is 18.9 Å². The minimum atomic E-state index is -0.350. The first-order valence-electron chi connectivity index (χ1n) is 12.0. The smallest absolute Gasteiger partial charge is 0.407 e. The Morgan fingerprint density at radius 1 is 1.26 bits per heavy atom. The SMILES string of the molecule is CC(C)=CCC1OC1(C)C1C(C)C(OC(=O)NC(COC(C)C)C(C)C)CCC12CO2. The van der Waals surface area contributed by atoms with Crippen molar-refractivity contribution in [1.82, 2.24) is 5.32 Å². The van der Waals surface area contributed by atoms with Gasteiger partial charge in [0.2, 0.25) is 0 Å². The Hall–Kier alpha value is -1.11. The number of nitrogens with one attached hydrogen (secondary N) is 1. The van der Waals surface area contributed by atoms with Crippen LogP contribution in [0.1, 0.15) is 74.7 Å². The average Bonchev–Trinajstić information content (AvgIpc) is 3.57. The molecular weight excluding hydrogens is 394 g/mol. The molecule has 1 amide bonds. The van der Waals surface area contributed by atoms with Crippen molar-refractivity contribution in [3.8, 4) is 0 Å². The number of carbonyl (C=O) groups excluding carboxylic acids is 1. The van der Waals surface area contributed by atoms with E-state index in [0.717, 1.165) is 25.9 Å². The van der Waals surface area contributed by atoms with Gasteiger partial charge in [-0.2, -0.15) is 0 Å². The molecule has 6 nitrogen and oxygen atoms in total. The lowest BCUT2D eigenvalue weighted by Crippen LogP contribution is -2.52. The molecule has 3 aliphatic rings. The van der Waals surface area contributed by atoms with Crippen molar-refractivity contribution < 1.29 is 23.7 Å². The Labute approximate surface area is 188 Å². The molecule has 0 aromatic rings. The number of amides is 1. The molecule has 2 aliphatic heterocycles. The summed E-state index contributed by atoms with van der Waals surface area (Å²) >= 11 is 0. The van der Waals surface area contributed by atoms with E-state index in [4.69, 9.17) is 18.9 Å². The van der Waals surface area contributed by atoms with Crippen LogP contribution in [0.4, 0.5) is 4.79 Å². The second-order valence-electron chi connectivity index (χ2n) is 10.9. The topological polar surface area (TPSA) is 72.6 Å². The fourth-order valence-electron chi connectivity index (χ4n) is 5.32. The summed E-state index contributed by atoms with van der Waals surface area (Å²) in [6, 6.07) is -0.0690. The number of ether oxygens (including phenoxy) is 4. The summed E-state index contributed by atoms with van der Waals surface area (Å²) in [4.78, 5) is 12.7. The third kappa shape index (κ3) is 5.63. The highest BCUT2D eigenvalue weighted by Crippen LogP contribution is 2.60. The van der Waals surface area contributed by atoms with Crippen molar-refractivity contribution in [1.29, 1.82) is 0 Å². The predicted octanol–water partition coefficient (Wildman–Crippen LogP) is 4.86. The summed E-state index contributed by atoms with van der Waals surface area (Å²) in [7, 11) is 0. The lowest BCUT2D eigenvalue weighted by Gasteiger charge is -2.42. The molecule has 7 atom stereocenters. The molecule has 1 N–H and O–H groups in total. The van der Waals surface area contributed by atoms with Gasteiger partial charge in [-0.05, 0) is 59.8 Å². The molecule has 0 aromatic heterocycles. The van der Waals surface area contributed by atoms with Gasteiger partial charge in [-0.1, -0.05) is 32.4 Å². The number of hydrogen-bond donors (Lipinski definition) is 1. The Balaban J connectivity index is 1.61. The lowest BCUT2D eigenvalue weighted by atomic mass is 9.64. The standard InChI is InChI=1S/C25H43NO5/c1-15(2)9-10-21-24(8,31-21)22-18(7)20(11-12-25(22)14-29-25)30-23(27)26-19(16(3)4)13-28-17(5)6/h9,16-22H,10-14H2,1-8H3,(H,26,27). The fourth-order valence-corrected chi connectivity index (χ4v) is 5.32. The summed E-state index contributed by atoms with van der Waals surface area (Å²) in [6.45, 7) is 18.1. The highest BCUT2D eigenvalue weighted by Gasteiger charge is 2.70. The largest absolute Gasteiger partial charge is 0.446 e. The maximum atomic E-state index is 12.7. The van der Waals surface area contributed by atoms with Gasteiger partial charge in [-0.25, -0.2) is 4.79 Å². The Morgan fingerprint density at radius 2 is 1.94 bits per heavy atom. The third-order valence-electron chi connectivity index (χ3n) is 7.36. The van der Waals surface area contributed by atoms with Crippen LogP contribution in [-0.4, -0.2) is 54.9 Å². The van der Waals surface area contributed by atoms with Gasteiger partial charge in [0.1, 0.15) is 6.10 Å². The average molecular weight is 438 g/mol. The first-order valence-corrected chi connectivity index (χ1v) is 12.0. The first kappa shape index (κ1) is 24.5. The van der Waals surface area contributed by atoms with Crippen molar-refractivity contribution in [3.63, 3.8) is 0 Å². The second-order valence-corrected chi connectivity index (χ2v) is 10.9. The molecule has 7 unspecified atom stereocenters. The van der Waals surface area contributed by atoms with E-state index in [1.54, 1.807) is 0 Å². The van der Waals surface area contributed by atoms with Gasteiger partial charge in [0.15, 0.2) is 0 Å². The minimum Gasteiger partial charge on any atom is -0.446 e. The Morgan fingerprint density at radius 3 is 2.48 bits per heavy atom. The molecule has 2 heterocycles. The van der Waals surface area contributed by atoms with Gasteiger partial charge >= 0.3 is 6.09 Å². The molecule has 0 bridgehead atoms. The predicted molar refractivity (Wildman–Crippen MR) is 121 cm³/mol. The molecule has 0 radical (unpaired) electrons. The second kappa shape index (κ2) is 9.40. The van der Waals surface area contributed by atoms with Crippen molar-refractivity contribution in [2.24, 2.45) is 17.8 Å². The van der Waals surface area contributed by atoms with E-state index < -0.39 is 0 Å². The molecule has 2 saturated heterocycles. The van der Waals surface area contributed by atoms with Crippen molar-refractivity contribution in [3.05, 3.63) is 11.6 Å². The van der Waals surface area contributed by atoms with Gasteiger partial charge in [0.05, 0.1) is 42.7 Å². The van der Waals surface area contributed by atoms with Crippen LogP contribution >= 0.6 is 0 Å². The monoisotopic (exact) mass is 437 g/mol. The van der Waals surface area contributed by atoms with Gasteiger partial charge in [0, 0.05) is 11.8 Å². The highest BCUT2D eigenvalue weighted by molar-refractivity contribution is 5.68. The fraction of sp³-hybridized carbons (Fsp3) is 0.880. The van der Waals surface area contributed by atoms with Crippen molar-refractivity contribution in [2.75, 3.05) is 13.2 Å². The number of alkyl carbamates (subject to hydrolysis) is 1. The van der Waals surface area contributed by atoms with E-state index in [0.29, 0.717) is 6.61 Å². The van der Waals surface area contributed by atoms with E-state index in [9.17, 15) is 4.79 Å². The number of allylic oxidation sites excluding steroid dienone is 1. The van der Waals surface area contributed by atoms with Crippen LogP contribution in [0.5, 0.6) is 0 Å². The van der Waals surface area contributed by atoms with E-state index in [-0.39, 0.29) is 59.4 Å². The normalized spacial score (nSPS) is 37.6. The van der Waals surface area contributed by atoms with Gasteiger partial charge in [-0.15, -0.1) is 0 Å². The maximum absolute atomic E-state index is 12.7. The number of rotatable bonds is 9. The van der Waals surface area contributed by atoms with Gasteiger partial charge in [-0.3, -0.25) is 0 Å². The van der Waals surface area contributed by atoms with E-state index in [1.165, 1.54) is 5.57 Å². The Bertz CT molecular complexity index is 667. The van der Waals surface area contributed by atoms with Crippen molar-refractivity contribution >= 4 is 6.09 Å².